The van der Waals surface area contributed by atoms with E-state index in [-0.39, 0.29) is 12.4 Å². The molecule has 1 aliphatic carbocycles. The molecule has 1 aliphatic rings. The molecule has 1 heterocycles. The molecule has 0 saturated heterocycles. The average molecular weight is 298 g/mol. The van der Waals surface area contributed by atoms with Gasteiger partial charge in [0.15, 0.2) is 5.11 Å². The summed E-state index contributed by atoms with van der Waals surface area (Å²) in [5.41, 5.74) is 5.51. The van der Waals surface area contributed by atoms with Gasteiger partial charge in [0.1, 0.15) is 6.54 Å². The summed E-state index contributed by atoms with van der Waals surface area (Å²) in [5.74, 6) is -0.680. The Morgan fingerprint density at radius 3 is 2.85 bits per heavy atom. The number of hydrogen-bond donors (Lipinski definition) is 3. The number of hydrazine groups is 1. The Kier molecular flexibility index (Phi) is 4.13. The van der Waals surface area contributed by atoms with Crippen molar-refractivity contribution in [1.29, 1.82) is 0 Å². The van der Waals surface area contributed by atoms with Gasteiger partial charge in [-0.1, -0.05) is 0 Å². The van der Waals surface area contributed by atoms with E-state index in [0.29, 0.717) is 16.8 Å². The Morgan fingerprint density at radius 1 is 1.60 bits per heavy atom. The lowest BCUT2D eigenvalue weighted by Gasteiger charge is -2.10. The average Bonchev–Trinajstić information content (AvgIpc) is 3.11. The summed E-state index contributed by atoms with van der Waals surface area (Å²) in [6.07, 6.45) is 2.15. The summed E-state index contributed by atoms with van der Waals surface area (Å²) in [6, 6.07) is 1.70. The molecule has 0 radical (unpaired) electrons. The zero-order valence-corrected chi connectivity index (χ0v) is 11.6. The minimum absolute atomic E-state index is 0.126. The number of aromatic nitrogens is 2. The van der Waals surface area contributed by atoms with E-state index in [1.165, 1.54) is 10.7 Å². The van der Waals surface area contributed by atoms with Gasteiger partial charge in [0.25, 0.3) is 5.91 Å². The van der Waals surface area contributed by atoms with Crippen LogP contribution in [0.2, 0.25) is 0 Å². The minimum atomic E-state index is -0.603. The lowest BCUT2D eigenvalue weighted by Crippen LogP contribution is -2.48. The number of nitro groups is 1. The Labute approximate surface area is 119 Å². The van der Waals surface area contributed by atoms with Crippen LogP contribution in [0.5, 0.6) is 0 Å². The molecule has 0 aromatic carbocycles. The molecular formula is C10H14N6O3S. The van der Waals surface area contributed by atoms with Crippen molar-refractivity contribution in [3.63, 3.8) is 0 Å². The second-order valence-corrected chi connectivity index (χ2v) is 4.89. The molecule has 0 aliphatic heterocycles. The summed E-state index contributed by atoms with van der Waals surface area (Å²) in [6.45, 7) is 1.51. The molecule has 10 heteroatoms. The zero-order valence-electron chi connectivity index (χ0n) is 10.8. The quantitative estimate of drug-likeness (QED) is 0.399. The molecule has 2 rings (SSSR count). The number of carbonyl (C=O) groups excluding carboxylic acids is 1. The summed E-state index contributed by atoms with van der Waals surface area (Å²) < 4.78 is 1.26. The first-order valence-corrected chi connectivity index (χ1v) is 6.40. The van der Waals surface area contributed by atoms with Crippen LogP contribution < -0.4 is 16.2 Å². The van der Waals surface area contributed by atoms with E-state index in [0.717, 1.165) is 12.8 Å². The molecule has 108 valence electrons. The highest BCUT2D eigenvalue weighted by Crippen LogP contribution is 2.18. The number of nitrogens with one attached hydrogen (secondary N) is 3. The molecule has 1 amide bonds. The molecule has 0 bridgehead atoms. The first kappa shape index (κ1) is 14.2. The Balaban J connectivity index is 1.81. The Hall–Kier alpha value is -2.23. The standard InChI is InChI=1S/C10H14N6O3S/c1-6-4-8(16(18)19)14-15(6)5-9(17)12-13-10(20)11-7-2-3-7/h4,7H,2-3,5H2,1H3,(H,12,17)(H2,11,13,20). The minimum Gasteiger partial charge on any atom is -0.359 e. The van der Waals surface area contributed by atoms with Crippen LogP contribution in [0.3, 0.4) is 0 Å². The third kappa shape index (κ3) is 3.88. The van der Waals surface area contributed by atoms with Crippen molar-refractivity contribution in [2.45, 2.75) is 32.4 Å². The van der Waals surface area contributed by atoms with E-state index in [1.54, 1.807) is 6.92 Å². The van der Waals surface area contributed by atoms with Crippen LogP contribution >= 0.6 is 12.2 Å². The van der Waals surface area contributed by atoms with Gasteiger partial charge >= 0.3 is 5.82 Å². The van der Waals surface area contributed by atoms with Crippen LogP contribution in [0, 0.1) is 17.0 Å². The van der Waals surface area contributed by atoms with Gasteiger partial charge in [-0.05, 0) is 36.9 Å². The molecule has 1 aromatic heterocycles. The summed E-state index contributed by atoms with van der Waals surface area (Å²) in [5, 5.41) is 17.6. The van der Waals surface area contributed by atoms with E-state index in [4.69, 9.17) is 12.2 Å². The number of carbonyl (C=O) groups is 1. The normalized spacial score (nSPS) is 13.7. The maximum absolute atomic E-state index is 11.7. The number of aryl methyl sites for hydroxylation is 1. The molecule has 9 nitrogen and oxygen atoms in total. The Bertz CT molecular complexity index is 553. The van der Waals surface area contributed by atoms with Crippen LogP contribution in [0.4, 0.5) is 5.82 Å². The molecule has 1 aromatic rings. The largest absolute Gasteiger partial charge is 0.390 e. The van der Waals surface area contributed by atoms with Crippen molar-refractivity contribution in [3.8, 4) is 0 Å². The lowest BCUT2D eigenvalue weighted by molar-refractivity contribution is -0.389. The molecule has 1 saturated carbocycles. The topological polar surface area (TPSA) is 114 Å². The van der Waals surface area contributed by atoms with Gasteiger partial charge in [-0.3, -0.25) is 15.6 Å². The van der Waals surface area contributed by atoms with Crippen LogP contribution in [0.25, 0.3) is 0 Å². The van der Waals surface area contributed by atoms with Gasteiger partial charge in [-0.2, -0.15) is 4.68 Å². The van der Waals surface area contributed by atoms with E-state index >= 15 is 0 Å². The van der Waals surface area contributed by atoms with E-state index < -0.39 is 10.8 Å². The van der Waals surface area contributed by atoms with Crippen LogP contribution in [0.15, 0.2) is 6.07 Å². The highest BCUT2D eigenvalue weighted by atomic mass is 32.1. The van der Waals surface area contributed by atoms with Gasteiger partial charge in [-0.25, -0.2) is 0 Å². The lowest BCUT2D eigenvalue weighted by atomic mass is 10.4. The molecule has 3 N–H and O–H groups in total. The van der Waals surface area contributed by atoms with Crippen molar-refractivity contribution >= 4 is 29.1 Å². The Morgan fingerprint density at radius 2 is 2.30 bits per heavy atom. The number of rotatable bonds is 4. The predicted molar refractivity (Wildman–Crippen MR) is 73.7 cm³/mol. The van der Waals surface area contributed by atoms with Gasteiger partial charge in [0, 0.05) is 6.04 Å². The van der Waals surface area contributed by atoms with Gasteiger partial charge in [-0.15, -0.1) is 0 Å². The van der Waals surface area contributed by atoms with Gasteiger partial charge < -0.3 is 15.4 Å². The maximum Gasteiger partial charge on any atom is 0.390 e. The number of thiocarbonyl (C=S) groups is 1. The molecule has 0 atom stereocenters. The molecule has 20 heavy (non-hydrogen) atoms. The fraction of sp³-hybridized carbons (Fsp3) is 0.500. The highest BCUT2D eigenvalue weighted by Gasteiger charge is 2.22. The van der Waals surface area contributed by atoms with E-state index in [1.807, 2.05) is 0 Å². The van der Waals surface area contributed by atoms with Crippen molar-refractivity contribution in [2.24, 2.45) is 0 Å². The first-order chi connectivity index (χ1) is 9.45. The fourth-order valence-corrected chi connectivity index (χ4v) is 1.71. The van der Waals surface area contributed by atoms with Crippen LogP contribution in [-0.4, -0.2) is 31.8 Å². The van der Waals surface area contributed by atoms with Crippen molar-refractivity contribution in [2.75, 3.05) is 0 Å². The number of hydrogen-bond acceptors (Lipinski definition) is 5. The van der Waals surface area contributed by atoms with Gasteiger partial charge in [0.05, 0.1) is 16.9 Å². The maximum atomic E-state index is 11.7. The van der Waals surface area contributed by atoms with Crippen molar-refractivity contribution in [3.05, 3.63) is 21.9 Å². The zero-order chi connectivity index (χ0) is 14.7. The van der Waals surface area contributed by atoms with Crippen molar-refractivity contribution in [1.82, 2.24) is 25.9 Å². The molecule has 0 unspecified atom stereocenters. The second kappa shape index (κ2) is 5.82. The molecule has 0 spiro atoms. The third-order valence-corrected chi connectivity index (χ3v) is 2.90. The molecule has 1 fully saturated rings. The number of amides is 1. The predicted octanol–water partition coefficient (Wildman–Crippen LogP) is -0.243. The van der Waals surface area contributed by atoms with E-state index in [2.05, 4.69) is 21.3 Å². The van der Waals surface area contributed by atoms with E-state index in [9.17, 15) is 14.9 Å². The first-order valence-electron chi connectivity index (χ1n) is 6.00. The molecular weight excluding hydrogens is 284 g/mol. The highest BCUT2D eigenvalue weighted by molar-refractivity contribution is 7.80. The smallest absolute Gasteiger partial charge is 0.359 e. The summed E-state index contributed by atoms with van der Waals surface area (Å²) in [7, 11) is 0. The van der Waals surface area contributed by atoms with Crippen LogP contribution in [-0.2, 0) is 11.3 Å². The SMILES string of the molecule is Cc1cc([N+](=O)[O-])nn1CC(=O)NNC(=S)NC1CC1. The third-order valence-electron chi connectivity index (χ3n) is 2.68. The number of nitrogens with zero attached hydrogens (tertiary/aromatic N) is 3. The second-order valence-electron chi connectivity index (χ2n) is 4.48. The summed E-state index contributed by atoms with van der Waals surface area (Å²) >= 11 is 4.97. The van der Waals surface area contributed by atoms with Crippen molar-refractivity contribution < 1.29 is 9.72 Å². The fourth-order valence-electron chi connectivity index (χ4n) is 1.49. The monoisotopic (exact) mass is 298 g/mol. The van der Waals surface area contributed by atoms with Gasteiger partial charge in [0.2, 0.25) is 0 Å². The van der Waals surface area contributed by atoms with Crippen LogP contribution in [0.1, 0.15) is 18.5 Å². The summed E-state index contributed by atoms with van der Waals surface area (Å²) in [4.78, 5) is 21.6.